The molecular formula is C13H9NO3S. The van der Waals surface area contributed by atoms with Crippen LogP contribution >= 0.6 is 0 Å². The fourth-order valence-corrected chi connectivity index (χ4v) is 2.56. The van der Waals surface area contributed by atoms with Crippen LogP contribution in [0.4, 0.5) is 0 Å². The molecule has 0 saturated carbocycles. The molecule has 0 aromatic heterocycles. The molecule has 2 aromatic rings. The Morgan fingerprint density at radius 3 is 2.17 bits per heavy atom. The zero-order valence-electron chi connectivity index (χ0n) is 9.28. The van der Waals surface area contributed by atoms with Crippen LogP contribution < -0.4 is 0 Å². The van der Waals surface area contributed by atoms with Gasteiger partial charge in [-0.1, -0.05) is 52.9 Å². The molecule has 0 aliphatic heterocycles. The van der Waals surface area contributed by atoms with Crippen molar-refractivity contribution >= 4 is 16.1 Å². The number of sulfonamides is 1. The Labute approximate surface area is 105 Å². The quantitative estimate of drug-likeness (QED) is 0.628. The lowest BCUT2D eigenvalue weighted by Crippen LogP contribution is -1.98. The fourth-order valence-electron chi connectivity index (χ4n) is 1.65. The number of isocyanates is 1. The first-order valence-electron chi connectivity index (χ1n) is 5.14. The van der Waals surface area contributed by atoms with Crippen LogP contribution in [0.25, 0.3) is 11.1 Å². The minimum Gasteiger partial charge on any atom is -0.210 e. The smallest absolute Gasteiger partial charge is 0.210 e. The summed E-state index contributed by atoms with van der Waals surface area (Å²) < 4.78 is 26.5. The number of rotatable bonds is 3. The number of hydrogen-bond acceptors (Lipinski definition) is 3. The molecule has 0 heterocycles. The van der Waals surface area contributed by atoms with Crippen LogP contribution in [0.1, 0.15) is 0 Å². The third kappa shape index (κ3) is 2.37. The molecule has 0 bridgehead atoms. The van der Waals surface area contributed by atoms with Crippen LogP contribution in [0.15, 0.2) is 63.9 Å². The summed E-state index contributed by atoms with van der Waals surface area (Å²) in [6.45, 7) is 0. The van der Waals surface area contributed by atoms with Gasteiger partial charge in [-0.3, -0.25) is 0 Å². The molecule has 2 rings (SSSR count). The number of carbonyl (C=O) groups excluding carboxylic acids is 1. The largest absolute Gasteiger partial charge is 0.293 e. The molecule has 2 aromatic carbocycles. The lowest BCUT2D eigenvalue weighted by molar-refractivity contribution is 0.563. The zero-order chi connectivity index (χ0) is 13.0. The van der Waals surface area contributed by atoms with Crippen molar-refractivity contribution in [2.45, 2.75) is 4.90 Å². The average molecular weight is 259 g/mol. The van der Waals surface area contributed by atoms with E-state index in [4.69, 9.17) is 0 Å². The minimum atomic E-state index is -3.99. The Bertz CT molecular complexity index is 702. The molecule has 0 aliphatic carbocycles. The highest BCUT2D eigenvalue weighted by Gasteiger charge is 2.17. The Morgan fingerprint density at radius 1 is 0.889 bits per heavy atom. The van der Waals surface area contributed by atoms with Gasteiger partial charge in [-0.25, -0.2) is 4.79 Å². The topological polar surface area (TPSA) is 63.6 Å². The summed E-state index contributed by atoms with van der Waals surface area (Å²) in [7, 11) is -3.99. The second-order valence-corrected chi connectivity index (χ2v) is 5.09. The monoisotopic (exact) mass is 259 g/mol. The van der Waals surface area contributed by atoms with Crippen LogP contribution in [0, 0.1) is 0 Å². The van der Waals surface area contributed by atoms with E-state index in [2.05, 4.69) is 4.40 Å². The summed E-state index contributed by atoms with van der Waals surface area (Å²) >= 11 is 0. The molecule has 0 atom stereocenters. The molecule has 5 heteroatoms. The van der Waals surface area contributed by atoms with Gasteiger partial charge in [-0.2, -0.15) is 8.42 Å². The average Bonchev–Trinajstić information content (AvgIpc) is 2.40. The first-order valence-corrected chi connectivity index (χ1v) is 6.58. The molecule has 0 amide bonds. The molecule has 0 saturated heterocycles. The maximum atomic E-state index is 11.8. The van der Waals surface area contributed by atoms with E-state index in [1.54, 1.807) is 30.3 Å². The Morgan fingerprint density at radius 2 is 1.50 bits per heavy atom. The molecule has 0 radical (unpaired) electrons. The molecular weight excluding hydrogens is 250 g/mol. The molecule has 4 nitrogen and oxygen atoms in total. The van der Waals surface area contributed by atoms with Gasteiger partial charge in [-0.05, 0) is 11.6 Å². The van der Waals surface area contributed by atoms with Gasteiger partial charge in [0, 0.05) is 5.56 Å². The molecule has 0 N–H and O–H groups in total. The van der Waals surface area contributed by atoms with Gasteiger partial charge in [0.1, 0.15) is 0 Å². The Kier molecular flexibility index (Phi) is 3.37. The van der Waals surface area contributed by atoms with E-state index in [-0.39, 0.29) is 4.90 Å². The van der Waals surface area contributed by atoms with Gasteiger partial charge >= 0.3 is 0 Å². The van der Waals surface area contributed by atoms with Crippen LogP contribution in [0.3, 0.4) is 0 Å². The summed E-state index contributed by atoms with van der Waals surface area (Å²) in [4.78, 5) is 10.2. The second-order valence-electron chi connectivity index (χ2n) is 3.52. The third-order valence-electron chi connectivity index (χ3n) is 2.41. The SMILES string of the molecule is O=C=NS(=O)(=O)c1ccccc1-c1ccccc1. The summed E-state index contributed by atoms with van der Waals surface area (Å²) in [5.41, 5.74) is 1.26. The zero-order valence-corrected chi connectivity index (χ0v) is 10.1. The van der Waals surface area contributed by atoms with Crippen molar-refractivity contribution in [2.24, 2.45) is 4.40 Å². The van der Waals surface area contributed by atoms with Crippen molar-refractivity contribution in [3.8, 4) is 11.1 Å². The van der Waals surface area contributed by atoms with E-state index in [0.29, 0.717) is 5.56 Å². The first kappa shape index (κ1) is 12.2. The van der Waals surface area contributed by atoms with Crippen LogP contribution in [0.5, 0.6) is 0 Å². The molecule has 0 fully saturated rings. The number of hydrogen-bond donors (Lipinski definition) is 0. The van der Waals surface area contributed by atoms with Gasteiger partial charge in [0.2, 0.25) is 0 Å². The van der Waals surface area contributed by atoms with Gasteiger partial charge in [-0.15, -0.1) is 0 Å². The van der Waals surface area contributed by atoms with E-state index in [0.717, 1.165) is 11.6 Å². The van der Waals surface area contributed by atoms with Crippen molar-refractivity contribution < 1.29 is 13.2 Å². The third-order valence-corrected chi connectivity index (χ3v) is 3.63. The van der Waals surface area contributed by atoms with Crippen molar-refractivity contribution in [3.05, 3.63) is 54.6 Å². The second kappa shape index (κ2) is 4.96. The van der Waals surface area contributed by atoms with E-state index in [1.165, 1.54) is 6.07 Å². The highest BCUT2D eigenvalue weighted by molar-refractivity contribution is 7.90. The van der Waals surface area contributed by atoms with Gasteiger partial charge in [0.25, 0.3) is 16.1 Å². The molecule has 0 spiro atoms. The normalized spacial score (nSPS) is 10.7. The lowest BCUT2D eigenvalue weighted by atomic mass is 10.1. The van der Waals surface area contributed by atoms with Crippen molar-refractivity contribution in [2.75, 3.05) is 0 Å². The summed E-state index contributed by atoms with van der Waals surface area (Å²) in [6.07, 6.45) is 1.07. The predicted molar refractivity (Wildman–Crippen MR) is 67.2 cm³/mol. The maximum Gasteiger partial charge on any atom is 0.293 e. The van der Waals surface area contributed by atoms with Gasteiger partial charge < -0.3 is 0 Å². The van der Waals surface area contributed by atoms with Crippen LogP contribution in [-0.4, -0.2) is 14.5 Å². The number of nitrogens with zero attached hydrogens (tertiary/aromatic N) is 1. The van der Waals surface area contributed by atoms with Crippen molar-refractivity contribution in [1.82, 2.24) is 0 Å². The first-order chi connectivity index (χ1) is 8.65. The Hall–Kier alpha value is -2.23. The van der Waals surface area contributed by atoms with E-state index in [9.17, 15) is 13.2 Å². The van der Waals surface area contributed by atoms with E-state index >= 15 is 0 Å². The van der Waals surface area contributed by atoms with Crippen LogP contribution in [-0.2, 0) is 14.8 Å². The van der Waals surface area contributed by atoms with Crippen molar-refractivity contribution in [3.63, 3.8) is 0 Å². The minimum absolute atomic E-state index is 0.000417. The highest BCUT2D eigenvalue weighted by atomic mass is 32.2. The molecule has 90 valence electrons. The highest BCUT2D eigenvalue weighted by Crippen LogP contribution is 2.27. The maximum absolute atomic E-state index is 11.8. The van der Waals surface area contributed by atoms with E-state index in [1.807, 2.05) is 18.2 Å². The Balaban J connectivity index is 2.69. The molecule has 0 aliphatic rings. The van der Waals surface area contributed by atoms with E-state index < -0.39 is 10.0 Å². The summed E-state index contributed by atoms with van der Waals surface area (Å²) in [5.74, 6) is 0. The van der Waals surface area contributed by atoms with Gasteiger partial charge in [0.15, 0.2) is 0 Å². The lowest BCUT2D eigenvalue weighted by Gasteiger charge is -2.06. The summed E-state index contributed by atoms with van der Waals surface area (Å²) in [5, 5.41) is 0. The fraction of sp³-hybridized carbons (Fsp3) is 0. The van der Waals surface area contributed by atoms with Gasteiger partial charge in [0.05, 0.1) is 4.90 Å². The number of benzene rings is 2. The summed E-state index contributed by atoms with van der Waals surface area (Å²) in [6, 6.07) is 15.4. The molecule has 0 unspecified atom stereocenters. The van der Waals surface area contributed by atoms with Crippen LogP contribution in [0.2, 0.25) is 0 Å². The predicted octanol–water partition coefficient (Wildman–Crippen LogP) is 2.38. The van der Waals surface area contributed by atoms with Crippen molar-refractivity contribution in [1.29, 1.82) is 0 Å². The molecule has 18 heavy (non-hydrogen) atoms. The standard InChI is InChI=1S/C13H9NO3S/c15-10-14-18(16,17)13-9-5-4-8-12(13)11-6-2-1-3-7-11/h1-9H.